The Bertz CT molecular complexity index is 801. The maximum atomic E-state index is 12.7. The van der Waals surface area contributed by atoms with E-state index in [0.29, 0.717) is 5.56 Å². The molecule has 0 spiro atoms. The first kappa shape index (κ1) is 17.7. The Kier molecular flexibility index (Phi) is 5.89. The molecule has 1 heterocycles. The minimum absolute atomic E-state index is 0.0346. The number of hydrogen-bond donors (Lipinski definition) is 0. The lowest BCUT2D eigenvalue weighted by molar-refractivity contribution is 0.0742. The number of rotatable bonds is 6. The molecule has 1 aromatic heterocycles. The molecule has 1 amide bonds. The summed E-state index contributed by atoms with van der Waals surface area (Å²) in [4.78, 5) is 19.9. The molecule has 3 nitrogen and oxygen atoms in total. The van der Waals surface area contributed by atoms with Crippen molar-refractivity contribution in [3.8, 4) is 0 Å². The van der Waals surface area contributed by atoms with Gasteiger partial charge < -0.3 is 4.90 Å². The van der Waals surface area contributed by atoms with E-state index < -0.39 is 0 Å². The molecule has 25 heavy (non-hydrogen) atoms. The zero-order valence-corrected chi connectivity index (χ0v) is 15.9. The molecule has 0 aliphatic heterocycles. The second-order valence-electron chi connectivity index (χ2n) is 5.80. The average Bonchev–Trinajstić information content (AvgIpc) is 3.19. The molecule has 0 N–H and O–H groups in total. The molecule has 3 aromatic rings. The van der Waals surface area contributed by atoms with Gasteiger partial charge >= 0.3 is 0 Å². The number of amides is 1. The molecule has 128 valence electrons. The highest BCUT2D eigenvalue weighted by atomic mass is 32.2. The number of carbonyl (C=O) groups is 1. The quantitative estimate of drug-likeness (QED) is 0.556. The summed E-state index contributed by atoms with van der Waals surface area (Å²) in [6.45, 7) is 2.05. The fourth-order valence-corrected chi connectivity index (χ4v) is 3.96. The smallest absolute Gasteiger partial charge is 0.254 e. The molecule has 0 radical (unpaired) electrons. The summed E-state index contributed by atoms with van der Waals surface area (Å²) >= 11 is 3.34. The molecule has 0 fully saturated rings. The summed E-state index contributed by atoms with van der Waals surface area (Å²) in [5.74, 6) is 0.884. The monoisotopic (exact) mass is 368 g/mol. The number of thiazole rings is 1. The van der Waals surface area contributed by atoms with Gasteiger partial charge in [0, 0.05) is 28.6 Å². The number of carbonyl (C=O) groups excluding carboxylic acids is 1. The van der Waals surface area contributed by atoms with Gasteiger partial charge in [0.1, 0.15) is 0 Å². The van der Waals surface area contributed by atoms with E-state index in [-0.39, 0.29) is 11.9 Å². The number of hydrogen-bond acceptors (Lipinski definition) is 4. The third-order valence-corrected chi connectivity index (χ3v) is 5.84. The van der Waals surface area contributed by atoms with Gasteiger partial charge in [-0.1, -0.05) is 30.3 Å². The number of thioether (sulfide) groups is 1. The van der Waals surface area contributed by atoms with Gasteiger partial charge in [0.15, 0.2) is 0 Å². The fourth-order valence-electron chi connectivity index (χ4n) is 2.49. The van der Waals surface area contributed by atoms with Crippen molar-refractivity contribution in [2.45, 2.75) is 23.6 Å². The topological polar surface area (TPSA) is 33.2 Å². The molecule has 5 heteroatoms. The van der Waals surface area contributed by atoms with Gasteiger partial charge in [-0.25, -0.2) is 4.98 Å². The van der Waals surface area contributed by atoms with E-state index in [0.717, 1.165) is 21.9 Å². The Morgan fingerprint density at radius 1 is 1.16 bits per heavy atom. The van der Waals surface area contributed by atoms with Crippen LogP contribution in [-0.4, -0.2) is 22.8 Å². The van der Waals surface area contributed by atoms with Crippen molar-refractivity contribution < 1.29 is 4.79 Å². The Hall–Kier alpha value is -2.11. The normalized spacial score (nSPS) is 11.9. The summed E-state index contributed by atoms with van der Waals surface area (Å²) < 4.78 is 0. The maximum absolute atomic E-state index is 12.7. The van der Waals surface area contributed by atoms with Crippen molar-refractivity contribution >= 4 is 29.0 Å². The molecule has 3 rings (SSSR count). The first-order chi connectivity index (χ1) is 12.1. The standard InChI is InChI=1S/C20H20N2OS2/c1-15(16-6-4-3-5-7-16)22(2)20(23)17-8-10-19(11-9-17)25-13-18-12-24-14-21-18/h3-12,14-15H,13H2,1-2H3/t15-/m1/s1. The third kappa shape index (κ3) is 4.50. The largest absolute Gasteiger partial charge is 0.335 e. The summed E-state index contributed by atoms with van der Waals surface area (Å²) in [7, 11) is 1.85. The third-order valence-electron chi connectivity index (χ3n) is 4.15. The van der Waals surface area contributed by atoms with Crippen LogP contribution in [0.5, 0.6) is 0 Å². The maximum Gasteiger partial charge on any atom is 0.254 e. The summed E-state index contributed by atoms with van der Waals surface area (Å²) in [5.41, 5.74) is 4.78. The van der Waals surface area contributed by atoms with Crippen molar-refractivity contribution in [3.63, 3.8) is 0 Å². The fraction of sp³-hybridized carbons (Fsp3) is 0.200. The van der Waals surface area contributed by atoms with E-state index in [4.69, 9.17) is 0 Å². The Morgan fingerprint density at radius 2 is 1.88 bits per heavy atom. The molecule has 0 saturated carbocycles. The zero-order valence-electron chi connectivity index (χ0n) is 14.3. The molecule has 0 aliphatic rings. The van der Waals surface area contributed by atoms with E-state index in [9.17, 15) is 4.79 Å². The van der Waals surface area contributed by atoms with Gasteiger partial charge in [-0.2, -0.15) is 0 Å². The van der Waals surface area contributed by atoms with Crippen LogP contribution in [0.1, 0.15) is 34.6 Å². The summed E-state index contributed by atoms with van der Waals surface area (Å²) in [6, 6.07) is 17.9. The molecular formula is C20H20N2OS2. The SMILES string of the molecule is C[C@H](c1ccccc1)N(C)C(=O)c1ccc(SCc2cscn2)cc1. The second-order valence-corrected chi connectivity index (χ2v) is 7.56. The van der Waals surface area contributed by atoms with Crippen molar-refractivity contribution in [1.82, 2.24) is 9.88 Å². The van der Waals surface area contributed by atoms with Crippen LogP contribution in [0.25, 0.3) is 0 Å². The number of aromatic nitrogens is 1. The second kappa shape index (κ2) is 8.32. The van der Waals surface area contributed by atoms with Gasteiger partial charge in [-0.15, -0.1) is 23.1 Å². The minimum atomic E-state index is 0.0346. The highest BCUT2D eigenvalue weighted by Crippen LogP contribution is 2.25. The van der Waals surface area contributed by atoms with Gasteiger partial charge in [0.05, 0.1) is 17.2 Å². The molecule has 1 atom stereocenters. The van der Waals surface area contributed by atoms with Crippen LogP contribution in [0.3, 0.4) is 0 Å². The molecule has 0 unspecified atom stereocenters. The molecule has 0 bridgehead atoms. The highest BCUT2D eigenvalue weighted by Gasteiger charge is 2.18. The number of benzene rings is 2. The number of nitrogens with zero attached hydrogens (tertiary/aromatic N) is 2. The van der Waals surface area contributed by atoms with Crippen LogP contribution in [0.15, 0.2) is 70.4 Å². The van der Waals surface area contributed by atoms with Crippen LogP contribution in [0.2, 0.25) is 0 Å². The van der Waals surface area contributed by atoms with Crippen molar-refractivity contribution in [2.75, 3.05) is 7.05 Å². The average molecular weight is 369 g/mol. The van der Waals surface area contributed by atoms with E-state index >= 15 is 0 Å². The highest BCUT2D eigenvalue weighted by molar-refractivity contribution is 7.98. The van der Waals surface area contributed by atoms with Gasteiger partial charge in [0.25, 0.3) is 5.91 Å². The summed E-state index contributed by atoms with van der Waals surface area (Å²) in [6.07, 6.45) is 0. The Morgan fingerprint density at radius 3 is 2.52 bits per heavy atom. The lowest BCUT2D eigenvalue weighted by atomic mass is 10.1. The zero-order chi connectivity index (χ0) is 17.6. The lowest BCUT2D eigenvalue weighted by Crippen LogP contribution is -2.29. The predicted octanol–water partition coefficient (Wildman–Crippen LogP) is 5.27. The molecule has 0 aliphatic carbocycles. The van der Waals surface area contributed by atoms with Crippen molar-refractivity contribution in [3.05, 3.63) is 82.3 Å². The van der Waals surface area contributed by atoms with Crippen LogP contribution < -0.4 is 0 Å². The van der Waals surface area contributed by atoms with E-state index in [1.54, 1.807) is 28.0 Å². The van der Waals surface area contributed by atoms with Crippen LogP contribution in [-0.2, 0) is 5.75 Å². The van der Waals surface area contributed by atoms with Crippen LogP contribution in [0.4, 0.5) is 0 Å². The Labute approximate surface area is 156 Å². The van der Waals surface area contributed by atoms with Crippen LogP contribution >= 0.6 is 23.1 Å². The van der Waals surface area contributed by atoms with E-state index in [2.05, 4.69) is 10.4 Å². The molecular weight excluding hydrogens is 348 g/mol. The van der Waals surface area contributed by atoms with Gasteiger partial charge in [-0.3, -0.25) is 4.79 Å². The molecule has 0 saturated heterocycles. The first-order valence-corrected chi connectivity index (χ1v) is 10.00. The van der Waals surface area contributed by atoms with Gasteiger partial charge in [0.2, 0.25) is 0 Å². The van der Waals surface area contributed by atoms with Gasteiger partial charge in [-0.05, 0) is 36.8 Å². The summed E-state index contributed by atoms with van der Waals surface area (Å²) in [5, 5.41) is 2.06. The minimum Gasteiger partial charge on any atom is -0.335 e. The predicted molar refractivity (Wildman–Crippen MR) is 105 cm³/mol. The first-order valence-electron chi connectivity index (χ1n) is 8.07. The van der Waals surface area contributed by atoms with Crippen LogP contribution in [0, 0.1) is 0 Å². The van der Waals surface area contributed by atoms with E-state index in [1.807, 2.05) is 74.1 Å². The van der Waals surface area contributed by atoms with Crippen molar-refractivity contribution in [1.29, 1.82) is 0 Å². The van der Waals surface area contributed by atoms with Crippen molar-refractivity contribution in [2.24, 2.45) is 0 Å². The Balaban J connectivity index is 1.63. The molecule has 2 aromatic carbocycles. The lowest BCUT2D eigenvalue weighted by Gasteiger charge is -2.25. The van der Waals surface area contributed by atoms with E-state index in [1.165, 1.54) is 0 Å².